The zero-order chi connectivity index (χ0) is 14.4. The number of nitrogens with two attached hydrogens (primary N) is 1. The standard InChI is InChI=1S/C11H19N7O2/c1-2-20-8(19)7-13-9-14-10(17-12)16-11(15-9)18-5-3-4-6-18/h2-7,12H2,1H3,(H2,13,14,15,16,17). The highest BCUT2D eigenvalue weighted by Gasteiger charge is 2.17. The molecule has 0 amide bonds. The average Bonchev–Trinajstić information content (AvgIpc) is 2.99. The zero-order valence-electron chi connectivity index (χ0n) is 11.4. The molecule has 9 nitrogen and oxygen atoms in total. The predicted octanol–water partition coefficient (Wildman–Crippen LogP) is -0.268. The molecule has 0 saturated carbocycles. The van der Waals surface area contributed by atoms with Crippen molar-refractivity contribution >= 4 is 23.8 Å². The Labute approximate surface area is 116 Å². The van der Waals surface area contributed by atoms with Gasteiger partial charge in [-0.3, -0.25) is 10.2 Å². The summed E-state index contributed by atoms with van der Waals surface area (Å²) in [6.45, 7) is 3.91. The maximum absolute atomic E-state index is 11.3. The van der Waals surface area contributed by atoms with E-state index >= 15 is 0 Å². The SMILES string of the molecule is CCOC(=O)CNc1nc(NN)nc(N2CCCC2)n1. The molecule has 1 saturated heterocycles. The fraction of sp³-hybridized carbons (Fsp3) is 0.636. The van der Waals surface area contributed by atoms with E-state index in [-0.39, 0.29) is 18.5 Å². The van der Waals surface area contributed by atoms with Gasteiger partial charge in [0.2, 0.25) is 17.8 Å². The number of nitrogen functional groups attached to an aromatic ring is 1. The summed E-state index contributed by atoms with van der Waals surface area (Å²) < 4.78 is 4.83. The van der Waals surface area contributed by atoms with Crippen LogP contribution >= 0.6 is 0 Å². The Morgan fingerprint density at radius 3 is 2.65 bits per heavy atom. The fourth-order valence-electron chi connectivity index (χ4n) is 1.93. The molecular formula is C11H19N7O2. The molecule has 1 aromatic heterocycles. The van der Waals surface area contributed by atoms with Crippen LogP contribution in [0.25, 0.3) is 0 Å². The molecule has 0 bridgehead atoms. The van der Waals surface area contributed by atoms with Crippen LogP contribution in [0.1, 0.15) is 19.8 Å². The van der Waals surface area contributed by atoms with Gasteiger partial charge < -0.3 is 15.0 Å². The summed E-state index contributed by atoms with van der Waals surface area (Å²) in [5.74, 6) is 6.09. The minimum atomic E-state index is -0.363. The molecule has 20 heavy (non-hydrogen) atoms. The van der Waals surface area contributed by atoms with Crippen LogP contribution in [-0.4, -0.2) is 47.2 Å². The number of esters is 1. The predicted molar refractivity (Wildman–Crippen MR) is 74.2 cm³/mol. The van der Waals surface area contributed by atoms with Crippen LogP contribution in [0.4, 0.5) is 17.8 Å². The summed E-state index contributed by atoms with van der Waals surface area (Å²) in [5, 5.41) is 2.81. The van der Waals surface area contributed by atoms with Gasteiger partial charge in [-0.1, -0.05) is 0 Å². The van der Waals surface area contributed by atoms with E-state index < -0.39 is 0 Å². The van der Waals surface area contributed by atoms with E-state index in [2.05, 4.69) is 30.6 Å². The number of carbonyl (C=O) groups excluding carboxylic acids is 1. The molecule has 1 aliphatic rings. The van der Waals surface area contributed by atoms with Crippen molar-refractivity contribution < 1.29 is 9.53 Å². The first-order chi connectivity index (χ1) is 9.72. The Bertz CT molecular complexity index is 462. The maximum atomic E-state index is 11.3. The molecule has 0 unspecified atom stereocenters. The number of nitrogens with zero attached hydrogens (tertiary/aromatic N) is 4. The third-order valence-electron chi connectivity index (χ3n) is 2.84. The summed E-state index contributed by atoms with van der Waals surface area (Å²) >= 11 is 0. The van der Waals surface area contributed by atoms with Gasteiger partial charge in [0.1, 0.15) is 6.54 Å². The van der Waals surface area contributed by atoms with E-state index in [0.29, 0.717) is 18.5 Å². The average molecular weight is 281 g/mol. The number of rotatable bonds is 6. The van der Waals surface area contributed by atoms with Crippen LogP contribution in [-0.2, 0) is 9.53 Å². The van der Waals surface area contributed by atoms with Gasteiger partial charge in [-0.15, -0.1) is 0 Å². The van der Waals surface area contributed by atoms with Gasteiger partial charge in [0.25, 0.3) is 0 Å². The lowest BCUT2D eigenvalue weighted by atomic mass is 10.4. The quantitative estimate of drug-likeness (QED) is 0.368. The van der Waals surface area contributed by atoms with Crippen LogP contribution in [0.2, 0.25) is 0 Å². The monoisotopic (exact) mass is 281 g/mol. The summed E-state index contributed by atoms with van der Waals surface area (Å²) in [4.78, 5) is 25.9. The number of carbonyl (C=O) groups is 1. The number of ether oxygens (including phenoxy) is 1. The van der Waals surface area contributed by atoms with Crippen molar-refractivity contribution in [2.45, 2.75) is 19.8 Å². The Morgan fingerprint density at radius 1 is 1.30 bits per heavy atom. The summed E-state index contributed by atoms with van der Waals surface area (Å²) in [5.41, 5.74) is 2.40. The van der Waals surface area contributed by atoms with E-state index in [1.807, 2.05) is 0 Å². The van der Waals surface area contributed by atoms with Crippen LogP contribution in [0, 0.1) is 0 Å². The number of hydrazine groups is 1. The lowest BCUT2D eigenvalue weighted by Crippen LogP contribution is -2.24. The molecule has 0 radical (unpaired) electrons. The molecule has 0 aliphatic carbocycles. The first-order valence-electron chi connectivity index (χ1n) is 6.60. The van der Waals surface area contributed by atoms with Crippen LogP contribution in [0.5, 0.6) is 0 Å². The second-order valence-corrected chi connectivity index (χ2v) is 4.28. The van der Waals surface area contributed by atoms with Crippen molar-refractivity contribution in [3.63, 3.8) is 0 Å². The number of nitrogens with one attached hydrogen (secondary N) is 2. The first kappa shape index (κ1) is 14.3. The van der Waals surface area contributed by atoms with Crippen molar-refractivity contribution in [2.75, 3.05) is 41.9 Å². The fourth-order valence-corrected chi connectivity index (χ4v) is 1.93. The number of hydrogen-bond acceptors (Lipinski definition) is 9. The van der Waals surface area contributed by atoms with Gasteiger partial charge in [-0.2, -0.15) is 15.0 Å². The number of hydrogen-bond donors (Lipinski definition) is 3. The zero-order valence-corrected chi connectivity index (χ0v) is 11.4. The molecule has 0 spiro atoms. The number of aromatic nitrogens is 3. The van der Waals surface area contributed by atoms with E-state index in [0.717, 1.165) is 25.9 Å². The van der Waals surface area contributed by atoms with Gasteiger partial charge in [-0.25, -0.2) is 5.84 Å². The normalized spacial score (nSPS) is 14.2. The summed E-state index contributed by atoms with van der Waals surface area (Å²) in [7, 11) is 0. The summed E-state index contributed by atoms with van der Waals surface area (Å²) in [6, 6.07) is 0. The van der Waals surface area contributed by atoms with E-state index in [1.54, 1.807) is 6.92 Å². The molecule has 2 heterocycles. The largest absolute Gasteiger partial charge is 0.465 e. The van der Waals surface area contributed by atoms with E-state index in [9.17, 15) is 4.79 Å². The third-order valence-corrected chi connectivity index (χ3v) is 2.84. The van der Waals surface area contributed by atoms with Crippen LogP contribution < -0.4 is 21.5 Å². The topological polar surface area (TPSA) is 118 Å². The molecular weight excluding hydrogens is 262 g/mol. The van der Waals surface area contributed by atoms with Crippen LogP contribution in [0.15, 0.2) is 0 Å². The van der Waals surface area contributed by atoms with Gasteiger partial charge in [0.05, 0.1) is 6.61 Å². The minimum Gasteiger partial charge on any atom is -0.465 e. The highest BCUT2D eigenvalue weighted by atomic mass is 16.5. The van der Waals surface area contributed by atoms with Crippen molar-refractivity contribution in [3.05, 3.63) is 0 Å². The maximum Gasteiger partial charge on any atom is 0.325 e. The second-order valence-electron chi connectivity index (χ2n) is 4.28. The van der Waals surface area contributed by atoms with Gasteiger partial charge >= 0.3 is 5.97 Å². The van der Waals surface area contributed by atoms with Crippen LogP contribution in [0.3, 0.4) is 0 Å². The molecule has 1 fully saturated rings. The van der Waals surface area contributed by atoms with Crippen molar-refractivity contribution in [2.24, 2.45) is 5.84 Å². The lowest BCUT2D eigenvalue weighted by Gasteiger charge is -2.16. The highest BCUT2D eigenvalue weighted by molar-refractivity contribution is 5.74. The smallest absolute Gasteiger partial charge is 0.325 e. The Balaban J connectivity index is 2.07. The highest BCUT2D eigenvalue weighted by Crippen LogP contribution is 2.18. The minimum absolute atomic E-state index is 0.00129. The van der Waals surface area contributed by atoms with Crippen molar-refractivity contribution in [1.29, 1.82) is 0 Å². The molecule has 9 heteroatoms. The van der Waals surface area contributed by atoms with Gasteiger partial charge in [0, 0.05) is 13.1 Å². The van der Waals surface area contributed by atoms with E-state index in [4.69, 9.17) is 10.6 Å². The Morgan fingerprint density at radius 2 is 2.00 bits per heavy atom. The first-order valence-corrected chi connectivity index (χ1v) is 6.60. The lowest BCUT2D eigenvalue weighted by molar-refractivity contribution is -0.140. The van der Waals surface area contributed by atoms with Gasteiger partial charge in [0.15, 0.2) is 0 Å². The van der Waals surface area contributed by atoms with Crippen molar-refractivity contribution in [1.82, 2.24) is 15.0 Å². The van der Waals surface area contributed by atoms with Crippen molar-refractivity contribution in [3.8, 4) is 0 Å². The molecule has 1 aliphatic heterocycles. The molecule has 1 aromatic rings. The van der Waals surface area contributed by atoms with E-state index in [1.165, 1.54) is 0 Å². The molecule has 4 N–H and O–H groups in total. The Kier molecular flexibility index (Phi) is 4.88. The Hall–Kier alpha value is -2.16. The molecule has 2 rings (SSSR count). The second kappa shape index (κ2) is 6.85. The summed E-state index contributed by atoms with van der Waals surface area (Å²) in [6.07, 6.45) is 2.23. The molecule has 0 atom stereocenters. The van der Waals surface area contributed by atoms with Gasteiger partial charge in [-0.05, 0) is 19.8 Å². The molecule has 110 valence electrons. The molecule has 0 aromatic carbocycles. The number of anilines is 3. The third kappa shape index (κ3) is 3.67.